The lowest BCUT2D eigenvalue weighted by molar-refractivity contribution is -0.123. The summed E-state index contributed by atoms with van der Waals surface area (Å²) in [5, 5.41) is 0. The van der Waals surface area contributed by atoms with Crippen LogP contribution in [0.2, 0.25) is 0 Å². The highest BCUT2D eigenvalue weighted by atomic mass is 35.5. The van der Waals surface area contributed by atoms with E-state index in [4.69, 9.17) is 0 Å². The molecule has 0 N–H and O–H groups in total. The lowest BCUT2D eigenvalue weighted by Gasteiger charge is -2.46. The van der Waals surface area contributed by atoms with Gasteiger partial charge in [-0.2, -0.15) is 0 Å². The summed E-state index contributed by atoms with van der Waals surface area (Å²) in [5.41, 5.74) is 5.50. The van der Waals surface area contributed by atoms with Crippen molar-refractivity contribution in [3.8, 4) is 0 Å². The van der Waals surface area contributed by atoms with E-state index in [2.05, 4.69) is 70.5 Å². The zero-order chi connectivity index (χ0) is 19.4. The van der Waals surface area contributed by atoms with Gasteiger partial charge in [-0.3, -0.25) is 9.69 Å². The summed E-state index contributed by atoms with van der Waals surface area (Å²) in [7, 11) is 0. The second-order valence-corrected chi connectivity index (χ2v) is 9.16. The molecular weight excluding hydrogens is 392 g/mol. The molecule has 2 heterocycles. The number of ketones is 1. The van der Waals surface area contributed by atoms with Crippen molar-refractivity contribution in [3.05, 3.63) is 71.3 Å². The summed E-state index contributed by atoms with van der Waals surface area (Å²) < 4.78 is 0. The van der Waals surface area contributed by atoms with Crippen LogP contribution in [0.15, 0.2) is 54.6 Å². The van der Waals surface area contributed by atoms with Crippen molar-refractivity contribution in [2.75, 3.05) is 24.5 Å². The van der Waals surface area contributed by atoms with Crippen molar-refractivity contribution >= 4 is 30.0 Å². The van der Waals surface area contributed by atoms with Gasteiger partial charge in [0.25, 0.3) is 0 Å². The fourth-order valence-electron chi connectivity index (χ4n) is 6.49. The number of piperidine rings is 1. The number of carbonyl (C=O) groups is 1. The average Bonchev–Trinajstić information content (AvgIpc) is 3.30. The van der Waals surface area contributed by atoms with Gasteiger partial charge in [-0.1, -0.05) is 48.6 Å². The first kappa shape index (κ1) is 19.8. The van der Waals surface area contributed by atoms with Crippen LogP contribution in [0, 0.1) is 0 Å². The molecule has 1 spiro atoms. The van der Waals surface area contributed by atoms with Gasteiger partial charge in [-0.15, -0.1) is 12.4 Å². The highest BCUT2D eigenvalue weighted by Gasteiger charge is 2.51. The summed E-state index contributed by atoms with van der Waals surface area (Å²) in [5.74, 6) is 1.14. The molecule has 2 aromatic rings. The Kier molecular flexibility index (Phi) is 4.99. The van der Waals surface area contributed by atoms with Gasteiger partial charge in [0.05, 0.1) is 0 Å². The Labute approximate surface area is 185 Å². The van der Waals surface area contributed by atoms with Crippen LogP contribution in [0.25, 0.3) is 6.08 Å². The molecule has 6 rings (SSSR count). The molecule has 156 valence electrons. The predicted molar refractivity (Wildman–Crippen MR) is 124 cm³/mol. The van der Waals surface area contributed by atoms with E-state index < -0.39 is 0 Å². The third-order valence-corrected chi connectivity index (χ3v) is 7.90. The smallest absolute Gasteiger partial charge is 0.160 e. The van der Waals surface area contributed by atoms with Gasteiger partial charge in [0.1, 0.15) is 5.54 Å². The maximum atomic E-state index is 13.0. The molecule has 3 nitrogen and oxygen atoms in total. The van der Waals surface area contributed by atoms with Crippen molar-refractivity contribution in [1.29, 1.82) is 0 Å². The van der Waals surface area contributed by atoms with Crippen LogP contribution < -0.4 is 4.90 Å². The third-order valence-electron chi connectivity index (χ3n) is 7.90. The number of rotatable bonds is 2. The second-order valence-electron chi connectivity index (χ2n) is 9.16. The van der Waals surface area contributed by atoms with Crippen LogP contribution in [0.1, 0.15) is 60.8 Å². The fraction of sp³-hybridized carbons (Fsp3) is 0.423. The molecule has 4 heteroatoms. The number of hydrogen-bond acceptors (Lipinski definition) is 3. The molecule has 2 saturated heterocycles. The lowest BCUT2D eigenvalue weighted by Crippen LogP contribution is -2.56. The number of benzene rings is 2. The van der Waals surface area contributed by atoms with E-state index in [0.717, 1.165) is 32.5 Å². The average molecular weight is 421 g/mol. The quantitative estimate of drug-likeness (QED) is 0.652. The Morgan fingerprint density at radius 3 is 2.53 bits per heavy atom. The molecule has 2 fully saturated rings. The lowest BCUT2D eigenvalue weighted by atomic mass is 9.82. The molecule has 0 amide bonds. The van der Waals surface area contributed by atoms with Gasteiger partial charge in [0.2, 0.25) is 0 Å². The monoisotopic (exact) mass is 420 g/mol. The van der Waals surface area contributed by atoms with Crippen molar-refractivity contribution in [1.82, 2.24) is 4.90 Å². The molecule has 0 bridgehead atoms. The van der Waals surface area contributed by atoms with Gasteiger partial charge in [0.15, 0.2) is 5.78 Å². The number of carbonyl (C=O) groups excluding carboxylic acids is 1. The molecular formula is C26H29ClN2O. The topological polar surface area (TPSA) is 23.6 Å². The number of nitrogens with zero attached hydrogens (tertiary/aromatic N) is 2. The van der Waals surface area contributed by atoms with E-state index in [1.165, 1.54) is 24.1 Å². The number of likely N-dealkylation sites (tertiary alicyclic amines) is 1. The van der Waals surface area contributed by atoms with E-state index >= 15 is 0 Å². The molecule has 2 aromatic carbocycles. The fourth-order valence-corrected chi connectivity index (χ4v) is 6.49. The number of anilines is 1. The van der Waals surface area contributed by atoms with Crippen LogP contribution in [-0.2, 0) is 4.79 Å². The third kappa shape index (κ3) is 2.86. The zero-order valence-corrected chi connectivity index (χ0v) is 18.1. The Bertz CT molecular complexity index is 978. The number of allylic oxidation sites excluding steroid dienone is 1. The van der Waals surface area contributed by atoms with Crippen LogP contribution >= 0.6 is 12.4 Å². The summed E-state index contributed by atoms with van der Waals surface area (Å²) in [6.07, 6.45) is 9.67. The Hall–Kier alpha value is -2.10. The molecule has 2 aliphatic heterocycles. The first-order chi connectivity index (χ1) is 14.3. The molecule has 2 unspecified atom stereocenters. The number of halogens is 1. The van der Waals surface area contributed by atoms with E-state index in [-0.39, 0.29) is 17.9 Å². The molecule has 30 heavy (non-hydrogen) atoms. The van der Waals surface area contributed by atoms with Crippen LogP contribution in [-0.4, -0.2) is 35.9 Å². The summed E-state index contributed by atoms with van der Waals surface area (Å²) in [4.78, 5) is 18.1. The van der Waals surface area contributed by atoms with E-state index in [1.807, 2.05) is 0 Å². The van der Waals surface area contributed by atoms with E-state index in [9.17, 15) is 4.79 Å². The van der Waals surface area contributed by atoms with Gasteiger partial charge in [-0.25, -0.2) is 0 Å². The Morgan fingerprint density at radius 1 is 0.933 bits per heavy atom. The molecule has 0 aromatic heterocycles. The second kappa shape index (κ2) is 7.55. The van der Waals surface area contributed by atoms with Gasteiger partial charge < -0.3 is 4.90 Å². The zero-order valence-electron chi connectivity index (χ0n) is 17.3. The van der Waals surface area contributed by atoms with Crippen molar-refractivity contribution < 1.29 is 4.79 Å². The largest absolute Gasteiger partial charge is 0.358 e. The molecule has 2 atom stereocenters. The normalized spacial score (nSPS) is 26.7. The maximum Gasteiger partial charge on any atom is 0.160 e. The maximum absolute atomic E-state index is 13.0. The van der Waals surface area contributed by atoms with Crippen molar-refractivity contribution in [2.24, 2.45) is 0 Å². The number of Topliss-reactive ketones (excluding diaryl/α,β-unsaturated/α-hetero) is 1. The van der Waals surface area contributed by atoms with Crippen LogP contribution in [0.3, 0.4) is 0 Å². The predicted octanol–water partition coefficient (Wildman–Crippen LogP) is 5.37. The van der Waals surface area contributed by atoms with E-state index in [1.54, 1.807) is 11.1 Å². The Morgan fingerprint density at radius 2 is 1.73 bits per heavy atom. The van der Waals surface area contributed by atoms with Gasteiger partial charge >= 0.3 is 0 Å². The Balaban J connectivity index is 0.00000193. The summed E-state index contributed by atoms with van der Waals surface area (Å²) >= 11 is 0. The minimum atomic E-state index is -0.282. The highest BCUT2D eigenvalue weighted by molar-refractivity contribution is 5.95. The van der Waals surface area contributed by atoms with Crippen molar-refractivity contribution in [2.45, 2.75) is 49.6 Å². The summed E-state index contributed by atoms with van der Waals surface area (Å²) in [6.45, 7) is 2.90. The minimum absolute atomic E-state index is 0. The van der Waals surface area contributed by atoms with Crippen LogP contribution in [0.4, 0.5) is 5.69 Å². The van der Waals surface area contributed by atoms with E-state index in [0.29, 0.717) is 24.2 Å². The molecule has 0 saturated carbocycles. The minimum Gasteiger partial charge on any atom is -0.358 e. The van der Waals surface area contributed by atoms with Gasteiger partial charge in [-0.05, 0) is 60.4 Å². The number of para-hydroxylation sites is 1. The van der Waals surface area contributed by atoms with Crippen molar-refractivity contribution in [3.63, 3.8) is 0 Å². The standard InChI is InChI=1S/C26H28N2O.ClH/c29-24-12-15-28(21-9-2-1-3-10-21)26(24)13-16-27(17-14-26)23-18-20-8-4-6-19-7-5-11-22(23)25(19)20;/h1-7,9-11,20,23H,8,12-18H2;1H. The van der Waals surface area contributed by atoms with Gasteiger partial charge in [0, 0.05) is 37.8 Å². The molecule has 2 aliphatic carbocycles. The highest BCUT2D eigenvalue weighted by Crippen LogP contribution is 2.50. The first-order valence-corrected chi connectivity index (χ1v) is 11.2. The SMILES string of the molecule is Cl.O=C1CCN(c2ccccc2)C12CCN(C1CC3CC=Cc4cccc1c43)CC2. The van der Waals surface area contributed by atoms with Crippen LogP contribution in [0.5, 0.6) is 0 Å². The summed E-state index contributed by atoms with van der Waals surface area (Å²) in [6, 6.07) is 17.9. The molecule has 0 radical (unpaired) electrons. The number of hydrogen-bond donors (Lipinski definition) is 0. The molecule has 4 aliphatic rings. The first-order valence-electron chi connectivity index (χ1n) is 11.2.